The van der Waals surface area contributed by atoms with Gasteiger partial charge in [-0.25, -0.2) is 0 Å². The maximum atomic E-state index is 12.1. The highest BCUT2D eigenvalue weighted by atomic mass is 16.6. The van der Waals surface area contributed by atoms with Crippen LogP contribution in [-0.4, -0.2) is 21.0 Å². The molecule has 3 rings (SSSR count). The molecule has 104 valence electrons. The largest absolute Gasteiger partial charge is 0.322 e. The lowest BCUT2D eigenvalue weighted by atomic mass is 10.1. The van der Waals surface area contributed by atoms with Gasteiger partial charge in [0.2, 0.25) is 0 Å². The number of benzene rings is 2. The van der Waals surface area contributed by atoms with Crippen LogP contribution in [0.2, 0.25) is 0 Å². The minimum atomic E-state index is -0.533. The molecule has 0 atom stereocenters. The number of fused-ring (bicyclic) bond motifs is 1. The Hall–Kier alpha value is -3.22. The molecule has 0 saturated heterocycles. The molecule has 0 radical (unpaired) electrons. The maximum Gasteiger partial charge on any atom is 0.270 e. The van der Waals surface area contributed by atoms with Gasteiger partial charge in [-0.3, -0.25) is 20.0 Å². The number of nitro groups is 1. The number of nitrogens with one attached hydrogen (secondary N) is 2. The van der Waals surface area contributed by atoms with Crippen LogP contribution in [0.3, 0.4) is 0 Å². The number of nitrogens with zero attached hydrogens (tertiary/aromatic N) is 2. The first-order chi connectivity index (χ1) is 10.1. The van der Waals surface area contributed by atoms with Crippen LogP contribution >= 0.6 is 0 Å². The lowest BCUT2D eigenvalue weighted by Gasteiger charge is -2.05. The van der Waals surface area contributed by atoms with E-state index in [2.05, 4.69) is 15.5 Å². The number of aromatic amines is 1. The molecule has 0 bridgehead atoms. The summed E-state index contributed by atoms with van der Waals surface area (Å²) in [6.07, 6.45) is 1.65. The Labute approximate surface area is 118 Å². The van der Waals surface area contributed by atoms with Crippen molar-refractivity contribution < 1.29 is 9.72 Å². The summed E-state index contributed by atoms with van der Waals surface area (Å²) in [5.74, 6) is -0.401. The highest BCUT2D eigenvalue weighted by Gasteiger charge is 2.11. The van der Waals surface area contributed by atoms with Crippen molar-refractivity contribution in [3.8, 4) is 0 Å². The number of anilines is 1. The molecule has 2 aromatic carbocycles. The van der Waals surface area contributed by atoms with E-state index in [1.54, 1.807) is 24.4 Å². The molecule has 0 fully saturated rings. The molecular weight excluding hydrogens is 272 g/mol. The summed E-state index contributed by atoms with van der Waals surface area (Å²) >= 11 is 0. The highest BCUT2D eigenvalue weighted by Crippen LogP contribution is 2.18. The standard InChI is InChI=1S/C14H10N4O3/c19-14(9-2-1-3-12(7-9)18(20)21)16-11-4-5-13-10(6-11)8-15-17-13/h1-8H,(H,15,17)(H,16,19). The number of hydrogen-bond donors (Lipinski definition) is 2. The smallest absolute Gasteiger partial charge is 0.270 e. The van der Waals surface area contributed by atoms with Gasteiger partial charge in [0.1, 0.15) is 0 Å². The van der Waals surface area contributed by atoms with Crippen LogP contribution in [0.15, 0.2) is 48.7 Å². The molecule has 2 N–H and O–H groups in total. The Morgan fingerprint density at radius 2 is 2.10 bits per heavy atom. The molecule has 0 unspecified atom stereocenters. The van der Waals surface area contributed by atoms with E-state index in [0.717, 1.165) is 10.9 Å². The topological polar surface area (TPSA) is 101 Å². The molecule has 1 heterocycles. The van der Waals surface area contributed by atoms with Crippen molar-refractivity contribution in [1.82, 2.24) is 10.2 Å². The van der Waals surface area contributed by atoms with Crippen LogP contribution in [0.4, 0.5) is 11.4 Å². The molecule has 1 amide bonds. The second-order valence-corrected chi connectivity index (χ2v) is 4.43. The van der Waals surface area contributed by atoms with Crippen LogP contribution in [0, 0.1) is 10.1 Å². The van der Waals surface area contributed by atoms with Crippen molar-refractivity contribution in [1.29, 1.82) is 0 Å². The zero-order chi connectivity index (χ0) is 14.8. The van der Waals surface area contributed by atoms with Crippen LogP contribution in [0.1, 0.15) is 10.4 Å². The predicted molar refractivity (Wildman–Crippen MR) is 77.1 cm³/mol. The van der Waals surface area contributed by atoms with Gasteiger partial charge >= 0.3 is 0 Å². The maximum absolute atomic E-state index is 12.1. The van der Waals surface area contributed by atoms with E-state index in [9.17, 15) is 14.9 Å². The van der Waals surface area contributed by atoms with E-state index in [0.29, 0.717) is 5.69 Å². The van der Waals surface area contributed by atoms with Crippen LogP contribution in [0.5, 0.6) is 0 Å². The molecular formula is C14H10N4O3. The van der Waals surface area contributed by atoms with Gasteiger partial charge in [-0.05, 0) is 24.3 Å². The molecule has 0 aliphatic rings. The number of amides is 1. The number of nitro benzene ring substituents is 1. The second kappa shape index (κ2) is 5.04. The van der Waals surface area contributed by atoms with Crippen molar-refractivity contribution in [2.45, 2.75) is 0 Å². The summed E-state index contributed by atoms with van der Waals surface area (Å²) in [7, 11) is 0. The van der Waals surface area contributed by atoms with Crippen molar-refractivity contribution in [3.05, 3.63) is 64.3 Å². The minimum Gasteiger partial charge on any atom is -0.322 e. The lowest BCUT2D eigenvalue weighted by molar-refractivity contribution is -0.384. The van der Waals surface area contributed by atoms with E-state index in [4.69, 9.17) is 0 Å². The van der Waals surface area contributed by atoms with E-state index in [1.807, 2.05) is 0 Å². The summed E-state index contributed by atoms with van der Waals surface area (Å²) < 4.78 is 0. The fraction of sp³-hybridized carbons (Fsp3) is 0. The third-order valence-electron chi connectivity index (χ3n) is 3.02. The van der Waals surface area contributed by atoms with Crippen molar-refractivity contribution >= 4 is 28.2 Å². The second-order valence-electron chi connectivity index (χ2n) is 4.43. The van der Waals surface area contributed by atoms with Crippen LogP contribution in [-0.2, 0) is 0 Å². The van der Waals surface area contributed by atoms with Gasteiger partial charge in [0.15, 0.2) is 0 Å². The molecule has 1 aromatic heterocycles. The zero-order valence-corrected chi connectivity index (χ0v) is 10.7. The molecule has 0 saturated carbocycles. The van der Waals surface area contributed by atoms with Crippen LogP contribution < -0.4 is 5.32 Å². The minimum absolute atomic E-state index is 0.118. The number of carbonyl (C=O) groups is 1. The quantitative estimate of drug-likeness (QED) is 0.569. The Morgan fingerprint density at radius 1 is 1.24 bits per heavy atom. The SMILES string of the molecule is O=C(Nc1ccc2[nH]ncc2c1)c1cccc([N+](=O)[O-])c1. The summed E-state index contributed by atoms with van der Waals surface area (Å²) in [5.41, 5.74) is 1.58. The molecule has 0 aliphatic carbocycles. The summed E-state index contributed by atoms with van der Waals surface area (Å²) in [6, 6.07) is 10.9. The average Bonchev–Trinajstić information content (AvgIpc) is 2.95. The Balaban J connectivity index is 1.85. The van der Waals surface area contributed by atoms with Crippen molar-refractivity contribution in [2.24, 2.45) is 0 Å². The first-order valence-corrected chi connectivity index (χ1v) is 6.12. The monoisotopic (exact) mass is 282 g/mol. The molecule has 7 heteroatoms. The first kappa shape index (κ1) is 12.8. The Morgan fingerprint density at radius 3 is 2.90 bits per heavy atom. The highest BCUT2D eigenvalue weighted by molar-refractivity contribution is 6.05. The van der Waals surface area contributed by atoms with E-state index in [-0.39, 0.29) is 11.3 Å². The van der Waals surface area contributed by atoms with Gasteiger partial charge in [-0.1, -0.05) is 6.07 Å². The normalized spacial score (nSPS) is 10.5. The van der Waals surface area contributed by atoms with Gasteiger partial charge in [0.25, 0.3) is 11.6 Å². The van der Waals surface area contributed by atoms with Gasteiger partial charge < -0.3 is 5.32 Å². The van der Waals surface area contributed by atoms with Gasteiger partial charge in [0, 0.05) is 28.8 Å². The Kier molecular flexibility index (Phi) is 3.07. The van der Waals surface area contributed by atoms with E-state index in [1.165, 1.54) is 24.3 Å². The lowest BCUT2D eigenvalue weighted by Crippen LogP contribution is -2.11. The van der Waals surface area contributed by atoms with Gasteiger partial charge in [-0.2, -0.15) is 5.10 Å². The summed E-state index contributed by atoms with van der Waals surface area (Å²) in [6.45, 7) is 0. The molecule has 7 nitrogen and oxygen atoms in total. The fourth-order valence-corrected chi connectivity index (χ4v) is 1.98. The number of carbonyl (C=O) groups excluding carboxylic acids is 1. The molecule has 21 heavy (non-hydrogen) atoms. The first-order valence-electron chi connectivity index (χ1n) is 6.12. The van der Waals surface area contributed by atoms with Crippen molar-refractivity contribution in [2.75, 3.05) is 5.32 Å². The zero-order valence-electron chi connectivity index (χ0n) is 10.7. The van der Waals surface area contributed by atoms with Gasteiger partial charge in [-0.15, -0.1) is 0 Å². The van der Waals surface area contributed by atoms with E-state index >= 15 is 0 Å². The predicted octanol–water partition coefficient (Wildman–Crippen LogP) is 2.72. The molecule has 0 aliphatic heterocycles. The number of aromatic nitrogens is 2. The van der Waals surface area contributed by atoms with Crippen molar-refractivity contribution in [3.63, 3.8) is 0 Å². The van der Waals surface area contributed by atoms with Crippen LogP contribution in [0.25, 0.3) is 10.9 Å². The third-order valence-corrected chi connectivity index (χ3v) is 3.02. The number of non-ortho nitro benzene ring substituents is 1. The fourth-order valence-electron chi connectivity index (χ4n) is 1.98. The number of H-pyrrole nitrogens is 1. The van der Waals surface area contributed by atoms with E-state index < -0.39 is 10.8 Å². The summed E-state index contributed by atoms with van der Waals surface area (Å²) in [4.78, 5) is 22.3. The Bertz CT molecular complexity index is 841. The third kappa shape index (κ3) is 2.57. The molecule has 3 aromatic rings. The number of rotatable bonds is 3. The van der Waals surface area contributed by atoms with Gasteiger partial charge in [0.05, 0.1) is 16.6 Å². The summed E-state index contributed by atoms with van der Waals surface area (Å²) in [5, 5.41) is 21.0. The molecule has 0 spiro atoms. The average molecular weight is 282 g/mol. The number of hydrogen-bond acceptors (Lipinski definition) is 4.